The molecule has 0 amide bonds. The van der Waals surface area contributed by atoms with E-state index in [1.165, 1.54) is 11.1 Å². The molecule has 0 saturated heterocycles. The maximum atomic E-state index is 9.92. The van der Waals surface area contributed by atoms with Gasteiger partial charge in [0.1, 0.15) is 7.32 Å². The predicted octanol–water partition coefficient (Wildman–Crippen LogP) is 2.82. The second-order valence-electron chi connectivity index (χ2n) is 7.79. The lowest BCUT2D eigenvalue weighted by atomic mass is 10.2. The van der Waals surface area contributed by atoms with Crippen LogP contribution < -0.4 is 23.8 Å². The summed E-state index contributed by atoms with van der Waals surface area (Å²) in [5.41, 5.74) is 2.66. The van der Waals surface area contributed by atoms with Gasteiger partial charge in [-0.15, -0.1) is 0 Å². The standard InChI is InChI=1S/2C12H12N.C6H5BO3/c2*1-3-7-12(8-4-1)11-13-9-5-2-6-10-13;8-7(9)10-6-4-2-1-3-5-6/h2*1-10H,11H2;1-5H/q2*+1;-2. The first-order valence-electron chi connectivity index (χ1n) is 11.7. The summed E-state index contributed by atoms with van der Waals surface area (Å²) >= 11 is 0. The summed E-state index contributed by atoms with van der Waals surface area (Å²) < 4.78 is 8.63. The Morgan fingerprint density at radius 3 is 1.17 bits per heavy atom. The zero-order chi connectivity index (χ0) is 25.3. The van der Waals surface area contributed by atoms with Crippen LogP contribution in [-0.4, -0.2) is 7.32 Å². The first-order valence-corrected chi connectivity index (χ1v) is 11.7. The molecule has 3 aromatic carbocycles. The summed E-state index contributed by atoms with van der Waals surface area (Å²) in [7, 11) is -2.23. The Morgan fingerprint density at radius 1 is 0.472 bits per heavy atom. The van der Waals surface area contributed by atoms with Crippen LogP contribution in [0.3, 0.4) is 0 Å². The number of hydrogen-bond donors (Lipinski definition) is 0. The number of rotatable bonds is 6. The Labute approximate surface area is 213 Å². The first kappa shape index (κ1) is 26.4. The lowest BCUT2D eigenvalue weighted by Crippen LogP contribution is -2.50. The summed E-state index contributed by atoms with van der Waals surface area (Å²) in [6.45, 7) is 1.89. The SMILES string of the molecule is [O-]B([O-])Oc1ccccc1.c1ccc(C[n+]2ccccc2)cc1.c1ccc(C[n+]2ccccc2)cc1. The van der Waals surface area contributed by atoms with E-state index >= 15 is 0 Å². The van der Waals surface area contributed by atoms with Gasteiger partial charge in [0.15, 0.2) is 37.9 Å². The fourth-order valence-electron chi connectivity index (χ4n) is 3.28. The van der Waals surface area contributed by atoms with Gasteiger partial charge in [0.05, 0.1) is 5.75 Å². The number of pyridine rings is 2. The highest BCUT2D eigenvalue weighted by Crippen LogP contribution is 2.06. The van der Waals surface area contributed by atoms with Crippen molar-refractivity contribution in [3.8, 4) is 5.75 Å². The predicted molar refractivity (Wildman–Crippen MR) is 137 cm³/mol. The molecule has 0 saturated carbocycles. The van der Waals surface area contributed by atoms with Crippen LogP contribution in [0, 0.1) is 0 Å². The van der Waals surface area contributed by atoms with Crippen LogP contribution in [0.25, 0.3) is 0 Å². The largest absolute Gasteiger partial charge is 0.860 e. The van der Waals surface area contributed by atoms with Gasteiger partial charge in [-0.25, -0.2) is 9.13 Å². The summed E-state index contributed by atoms with van der Waals surface area (Å²) in [6, 6.07) is 41.4. The van der Waals surface area contributed by atoms with E-state index in [-0.39, 0.29) is 0 Å². The van der Waals surface area contributed by atoms with Gasteiger partial charge < -0.3 is 14.7 Å². The van der Waals surface area contributed by atoms with Crippen molar-refractivity contribution in [3.63, 3.8) is 0 Å². The molecule has 5 nitrogen and oxygen atoms in total. The third kappa shape index (κ3) is 10.8. The maximum Gasteiger partial charge on any atom is 0.173 e. The topological polar surface area (TPSA) is 63.1 Å². The van der Waals surface area contributed by atoms with Gasteiger partial charge in [0, 0.05) is 35.4 Å². The molecule has 0 aliphatic heterocycles. The Morgan fingerprint density at radius 2 is 0.806 bits per heavy atom. The number of aromatic nitrogens is 2. The van der Waals surface area contributed by atoms with E-state index in [9.17, 15) is 10.0 Å². The van der Waals surface area contributed by atoms with Crippen molar-refractivity contribution in [3.05, 3.63) is 163 Å². The van der Waals surface area contributed by atoms with Crippen LogP contribution in [0.4, 0.5) is 0 Å². The van der Waals surface area contributed by atoms with Crippen molar-refractivity contribution in [1.29, 1.82) is 0 Å². The number of para-hydroxylation sites is 1. The molecule has 0 bridgehead atoms. The Kier molecular flexibility index (Phi) is 11.4. The zero-order valence-corrected chi connectivity index (χ0v) is 20.0. The summed E-state index contributed by atoms with van der Waals surface area (Å²) in [5.74, 6) is 0.317. The van der Waals surface area contributed by atoms with Crippen LogP contribution in [0.5, 0.6) is 5.75 Å². The van der Waals surface area contributed by atoms with Gasteiger partial charge in [0.25, 0.3) is 0 Å². The lowest BCUT2D eigenvalue weighted by molar-refractivity contribution is -0.688. The Hall–Kier alpha value is -4.26. The Balaban J connectivity index is 0.000000152. The smallest absolute Gasteiger partial charge is 0.173 e. The molecule has 180 valence electrons. The molecule has 2 aromatic heterocycles. The molecule has 0 unspecified atom stereocenters. The van der Waals surface area contributed by atoms with E-state index in [2.05, 4.69) is 87.1 Å². The molecule has 2 heterocycles. The molecular formula is C30H29BN2O3. The van der Waals surface area contributed by atoms with Gasteiger partial charge in [-0.2, -0.15) is 0 Å². The van der Waals surface area contributed by atoms with Gasteiger partial charge in [-0.3, -0.25) is 0 Å². The third-order valence-corrected chi connectivity index (χ3v) is 4.95. The van der Waals surface area contributed by atoms with E-state index in [1.54, 1.807) is 30.3 Å². The van der Waals surface area contributed by atoms with Gasteiger partial charge in [-0.1, -0.05) is 91.0 Å². The van der Waals surface area contributed by atoms with Crippen molar-refractivity contribution in [2.24, 2.45) is 0 Å². The molecular weight excluding hydrogens is 447 g/mol. The molecule has 0 radical (unpaired) electrons. The highest BCUT2D eigenvalue weighted by atomic mass is 16.6. The highest BCUT2D eigenvalue weighted by molar-refractivity contribution is 6.29. The van der Waals surface area contributed by atoms with Crippen LogP contribution >= 0.6 is 0 Å². The van der Waals surface area contributed by atoms with Crippen LogP contribution in [-0.2, 0) is 13.1 Å². The van der Waals surface area contributed by atoms with Crippen molar-refractivity contribution < 1.29 is 23.8 Å². The molecule has 5 rings (SSSR count). The summed E-state index contributed by atoms with van der Waals surface area (Å²) in [4.78, 5) is 0. The Bertz CT molecular complexity index is 1060. The lowest BCUT2D eigenvalue weighted by Gasteiger charge is -2.26. The highest BCUT2D eigenvalue weighted by Gasteiger charge is 1.99. The number of hydrogen-bond acceptors (Lipinski definition) is 3. The minimum Gasteiger partial charge on any atom is -0.860 e. The van der Waals surface area contributed by atoms with Gasteiger partial charge in [0.2, 0.25) is 0 Å². The molecule has 36 heavy (non-hydrogen) atoms. The quantitative estimate of drug-likeness (QED) is 0.280. The van der Waals surface area contributed by atoms with E-state index in [0.29, 0.717) is 5.75 Å². The number of nitrogens with zero attached hydrogens (tertiary/aromatic N) is 2. The second-order valence-corrected chi connectivity index (χ2v) is 7.79. The average molecular weight is 476 g/mol. The summed E-state index contributed by atoms with van der Waals surface area (Å²) in [5, 5.41) is 19.8. The van der Waals surface area contributed by atoms with Gasteiger partial charge in [-0.05, 0) is 12.1 Å². The molecule has 0 spiro atoms. The van der Waals surface area contributed by atoms with E-state index in [4.69, 9.17) is 0 Å². The van der Waals surface area contributed by atoms with E-state index < -0.39 is 7.32 Å². The van der Waals surface area contributed by atoms with Crippen LogP contribution in [0.15, 0.2) is 152 Å². The molecule has 5 aromatic rings. The molecule has 0 aliphatic carbocycles. The van der Waals surface area contributed by atoms with Crippen molar-refractivity contribution in [2.45, 2.75) is 13.1 Å². The monoisotopic (exact) mass is 476 g/mol. The van der Waals surface area contributed by atoms with Crippen molar-refractivity contribution >= 4 is 7.32 Å². The molecule has 0 fully saturated rings. The normalized spacial score (nSPS) is 9.61. The zero-order valence-electron chi connectivity index (χ0n) is 20.0. The van der Waals surface area contributed by atoms with Crippen molar-refractivity contribution in [2.75, 3.05) is 0 Å². The van der Waals surface area contributed by atoms with Crippen molar-refractivity contribution in [1.82, 2.24) is 0 Å². The molecule has 0 atom stereocenters. The van der Waals surface area contributed by atoms with E-state index in [1.807, 2.05) is 48.5 Å². The maximum absolute atomic E-state index is 9.92. The second kappa shape index (κ2) is 15.6. The third-order valence-electron chi connectivity index (χ3n) is 4.95. The molecule has 0 N–H and O–H groups in total. The number of benzene rings is 3. The average Bonchev–Trinajstić information content (AvgIpc) is 2.92. The molecule has 0 aliphatic rings. The minimum atomic E-state index is -2.23. The van der Waals surface area contributed by atoms with Crippen LogP contribution in [0.1, 0.15) is 11.1 Å². The fraction of sp³-hybridized carbons (Fsp3) is 0.0667. The fourth-order valence-corrected chi connectivity index (χ4v) is 3.28. The van der Waals surface area contributed by atoms with Crippen LogP contribution in [0.2, 0.25) is 0 Å². The first-order chi connectivity index (χ1) is 17.7. The molecule has 6 heteroatoms. The minimum absolute atomic E-state index is 0.317. The summed E-state index contributed by atoms with van der Waals surface area (Å²) in [6.07, 6.45) is 8.31. The van der Waals surface area contributed by atoms with Gasteiger partial charge >= 0.3 is 0 Å². The van der Waals surface area contributed by atoms with E-state index in [0.717, 1.165) is 13.1 Å².